The van der Waals surface area contributed by atoms with Gasteiger partial charge < -0.3 is 9.84 Å². The first-order chi connectivity index (χ1) is 10.1. The smallest absolute Gasteiger partial charge is 0.353 e. The molecule has 1 aromatic rings. The number of ether oxygens (including phenoxy) is 1. The Labute approximate surface area is 128 Å². The Bertz CT molecular complexity index is 695. The van der Waals surface area contributed by atoms with Crippen molar-refractivity contribution in [2.45, 2.75) is 18.4 Å². The third kappa shape index (κ3) is 1.96. The van der Waals surface area contributed by atoms with Crippen molar-refractivity contribution in [2.75, 3.05) is 6.61 Å². The van der Waals surface area contributed by atoms with E-state index in [0.29, 0.717) is 12.2 Å². The van der Waals surface area contributed by atoms with Gasteiger partial charge in [-0.25, -0.2) is 4.79 Å². The fraction of sp³-hybridized carbons (Fsp3) is 0.286. The third-order valence-electron chi connectivity index (χ3n) is 3.70. The molecule has 1 fully saturated rings. The SMILES string of the molecule is O=C(O)C1=CSC2/C(=C\c3cc4c(s3)CCOC4)C(=O)N12. The van der Waals surface area contributed by atoms with Crippen LogP contribution in [0.1, 0.15) is 15.3 Å². The topological polar surface area (TPSA) is 66.8 Å². The van der Waals surface area contributed by atoms with Crippen LogP contribution in [0.2, 0.25) is 0 Å². The molecule has 1 amide bonds. The molecule has 21 heavy (non-hydrogen) atoms. The predicted octanol–water partition coefficient (Wildman–Crippen LogP) is 2.05. The van der Waals surface area contributed by atoms with E-state index in [0.717, 1.165) is 17.9 Å². The second-order valence-electron chi connectivity index (χ2n) is 4.97. The van der Waals surface area contributed by atoms with E-state index < -0.39 is 5.97 Å². The molecule has 4 rings (SSSR count). The molecule has 3 aliphatic heterocycles. The second kappa shape index (κ2) is 4.72. The summed E-state index contributed by atoms with van der Waals surface area (Å²) in [5, 5.41) is 10.4. The van der Waals surface area contributed by atoms with Crippen molar-refractivity contribution in [1.29, 1.82) is 0 Å². The molecular formula is C14H11NO4S2. The largest absolute Gasteiger partial charge is 0.477 e. The van der Waals surface area contributed by atoms with E-state index in [1.165, 1.54) is 27.1 Å². The highest BCUT2D eigenvalue weighted by Gasteiger charge is 2.49. The van der Waals surface area contributed by atoms with E-state index in [9.17, 15) is 9.59 Å². The van der Waals surface area contributed by atoms with Crippen LogP contribution in [0.3, 0.4) is 0 Å². The van der Waals surface area contributed by atoms with Crippen molar-refractivity contribution < 1.29 is 19.4 Å². The molecule has 1 atom stereocenters. The third-order valence-corrected chi connectivity index (χ3v) is 5.96. The number of carboxylic acid groups (broad SMARTS) is 1. The van der Waals surface area contributed by atoms with Gasteiger partial charge in [-0.15, -0.1) is 23.1 Å². The molecule has 1 N–H and O–H groups in total. The van der Waals surface area contributed by atoms with Gasteiger partial charge in [0.15, 0.2) is 0 Å². The van der Waals surface area contributed by atoms with Crippen LogP contribution in [0, 0.1) is 0 Å². The monoisotopic (exact) mass is 321 g/mol. The van der Waals surface area contributed by atoms with E-state index in [2.05, 4.69) is 6.07 Å². The number of thioether (sulfide) groups is 1. The number of thiophene rings is 1. The maximum Gasteiger partial charge on any atom is 0.353 e. The summed E-state index contributed by atoms with van der Waals surface area (Å²) in [6.07, 6.45) is 2.81. The molecule has 4 heterocycles. The van der Waals surface area contributed by atoms with E-state index in [-0.39, 0.29) is 17.0 Å². The number of rotatable bonds is 2. The number of carbonyl (C=O) groups is 2. The first-order valence-corrected chi connectivity index (χ1v) is 8.24. The molecule has 3 aliphatic rings. The van der Waals surface area contributed by atoms with Gasteiger partial charge in [0.25, 0.3) is 5.91 Å². The molecule has 108 valence electrons. The molecule has 0 aliphatic carbocycles. The number of amides is 1. The summed E-state index contributed by atoms with van der Waals surface area (Å²) in [6.45, 7) is 1.39. The zero-order valence-corrected chi connectivity index (χ0v) is 12.5. The lowest BCUT2D eigenvalue weighted by atomic mass is 10.0. The zero-order chi connectivity index (χ0) is 14.6. The van der Waals surface area contributed by atoms with Gasteiger partial charge >= 0.3 is 5.97 Å². The molecule has 0 radical (unpaired) electrons. The summed E-state index contributed by atoms with van der Waals surface area (Å²) in [5.74, 6) is -1.26. The highest BCUT2D eigenvalue weighted by Crippen LogP contribution is 2.45. The predicted molar refractivity (Wildman–Crippen MR) is 79.6 cm³/mol. The van der Waals surface area contributed by atoms with E-state index >= 15 is 0 Å². The Morgan fingerprint density at radius 3 is 3.14 bits per heavy atom. The fourth-order valence-electron chi connectivity index (χ4n) is 2.66. The standard InChI is InChI=1S/C14H11NO4S2/c16-12-9(13-15(12)10(6-20-13)14(17)18)4-8-3-7-5-19-2-1-11(7)21-8/h3-4,6,13H,1-2,5H2,(H,17,18)/b9-4-. The molecule has 0 saturated carbocycles. The number of hydrogen-bond donors (Lipinski definition) is 1. The van der Waals surface area contributed by atoms with Gasteiger partial charge in [-0.1, -0.05) is 0 Å². The van der Waals surface area contributed by atoms with Gasteiger partial charge in [0.1, 0.15) is 11.1 Å². The minimum absolute atomic E-state index is 0.0750. The van der Waals surface area contributed by atoms with Crippen LogP contribution in [0.15, 0.2) is 22.7 Å². The van der Waals surface area contributed by atoms with Crippen molar-refractivity contribution >= 4 is 41.1 Å². The molecule has 1 aromatic heterocycles. The van der Waals surface area contributed by atoms with Gasteiger partial charge in [0, 0.05) is 21.6 Å². The number of nitrogens with zero attached hydrogens (tertiary/aromatic N) is 1. The summed E-state index contributed by atoms with van der Waals surface area (Å²) >= 11 is 3.05. The summed E-state index contributed by atoms with van der Waals surface area (Å²) in [6, 6.07) is 2.06. The number of fused-ring (bicyclic) bond motifs is 2. The van der Waals surface area contributed by atoms with Crippen LogP contribution in [-0.2, 0) is 27.4 Å². The first-order valence-electron chi connectivity index (χ1n) is 6.48. The van der Waals surface area contributed by atoms with Crippen LogP contribution in [0.25, 0.3) is 6.08 Å². The lowest BCUT2D eigenvalue weighted by molar-refractivity contribution is -0.141. The lowest BCUT2D eigenvalue weighted by Gasteiger charge is -2.37. The Morgan fingerprint density at radius 1 is 1.52 bits per heavy atom. The van der Waals surface area contributed by atoms with Crippen LogP contribution < -0.4 is 0 Å². The Morgan fingerprint density at radius 2 is 2.38 bits per heavy atom. The maximum absolute atomic E-state index is 12.1. The number of carbonyl (C=O) groups excluding carboxylic acids is 1. The molecule has 7 heteroatoms. The summed E-state index contributed by atoms with van der Waals surface area (Å²) in [7, 11) is 0. The van der Waals surface area contributed by atoms with Crippen molar-refractivity contribution in [3.05, 3.63) is 38.1 Å². The molecule has 0 spiro atoms. The van der Waals surface area contributed by atoms with Crippen molar-refractivity contribution in [2.24, 2.45) is 0 Å². The van der Waals surface area contributed by atoms with Crippen LogP contribution in [-0.4, -0.2) is 33.9 Å². The van der Waals surface area contributed by atoms with Gasteiger partial charge in [-0.3, -0.25) is 9.69 Å². The van der Waals surface area contributed by atoms with Crippen LogP contribution in [0.4, 0.5) is 0 Å². The summed E-state index contributed by atoms with van der Waals surface area (Å²) in [5.41, 5.74) is 1.95. The molecule has 1 saturated heterocycles. The Balaban J connectivity index is 1.60. The van der Waals surface area contributed by atoms with E-state index in [1.54, 1.807) is 16.7 Å². The number of aliphatic carboxylic acids is 1. The van der Waals surface area contributed by atoms with E-state index in [1.807, 2.05) is 6.08 Å². The number of β-lactam (4-membered cyclic amide) rings is 1. The van der Waals surface area contributed by atoms with Crippen molar-refractivity contribution in [3.63, 3.8) is 0 Å². The quantitative estimate of drug-likeness (QED) is 0.667. The Hall–Kier alpha value is -1.57. The molecule has 0 bridgehead atoms. The van der Waals surface area contributed by atoms with Crippen LogP contribution >= 0.6 is 23.1 Å². The van der Waals surface area contributed by atoms with Gasteiger partial charge in [0.05, 0.1) is 18.8 Å². The Kier molecular flexibility index (Phi) is 2.95. The number of hydrogen-bond acceptors (Lipinski definition) is 5. The molecule has 1 unspecified atom stereocenters. The molecule has 5 nitrogen and oxygen atoms in total. The fourth-order valence-corrected chi connectivity index (χ4v) is 4.89. The van der Waals surface area contributed by atoms with Gasteiger partial charge in [-0.2, -0.15) is 0 Å². The van der Waals surface area contributed by atoms with Gasteiger partial charge in [0.2, 0.25) is 0 Å². The maximum atomic E-state index is 12.1. The van der Waals surface area contributed by atoms with Crippen molar-refractivity contribution in [1.82, 2.24) is 4.90 Å². The number of carboxylic acids is 1. The average Bonchev–Trinajstić information content (AvgIpc) is 3.05. The second-order valence-corrected chi connectivity index (χ2v) is 7.09. The van der Waals surface area contributed by atoms with Crippen molar-refractivity contribution in [3.8, 4) is 0 Å². The minimum Gasteiger partial charge on any atom is -0.477 e. The normalized spacial score (nSPS) is 25.4. The first kappa shape index (κ1) is 13.1. The zero-order valence-electron chi connectivity index (χ0n) is 10.9. The van der Waals surface area contributed by atoms with Gasteiger partial charge in [-0.05, 0) is 17.7 Å². The molecule has 0 aromatic carbocycles. The lowest BCUT2D eigenvalue weighted by Crippen LogP contribution is -2.51. The van der Waals surface area contributed by atoms with E-state index in [4.69, 9.17) is 9.84 Å². The highest BCUT2D eigenvalue weighted by atomic mass is 32.2. The summed E-state index contributed by atoms with van der Waals surface area (Å²) in [4.78, 5) is 26.9. The minimum atomic E-state index is -1.05. The molecular weight excluding hydrogens is 310 g/mol. The highest BCUT2D eigenvalue weighted by molar-refractivity contribution is 8.03. The van der Waals surface area contributed by atoms with Crippen LogP contribution in [0.5, 0.6) is 0 Å². The summed E-state index contributed by atoms with van der Waals surface area (Å²) < 4.78 is 5.42. The average molecular weight is 321 g/mol.